The highest BCUT2D eigenvalue weighted by Crippen LogP contribution is 2.26. The van der Waals surface area contributed by atoms with E-state index >= 15 is 0 Å². The Morgan fingerprint density at radius 2 is 1.67 bits per heavy atom. The van der Waals surface area contributed by atoms with E-state index in [0.29, 0.717) is 11.3 Å². The number of urea groups is 1. The normalized spacial score (nSPS) is 14.0. The summed E-state index contributed by atoms with van der Waals surface area (Å²) in [5.74, 6) is -2.56. The van der Waals surface area contributed by atoms with Crippen LogP contribution < -0.4 is 10.6 Å². The topological polar surface area (TPSA) is 118 Å². The minimum Gasteiger partial charge on any atom is -0.478 e. The van der Waals surface area contributed by atoms with Crippen molar-refractivity contribution in [2.75, 3.05) is 0 Å². The summed E-state index contributed by atoms with van der Waals surface area (Å²) in [5.41, 5.74) is 3.70. The summed E-state index contributed by atoms with van der Waals surface area (Å²) < 4.78 is 1.86. The number of rotatable bonds is 3. The first-order valence-corrected chi connectivity index (χ1v) is 8.10. The number of hydrogen-bond donors (Lipinski definition) is 3. The van der Waals surface area contributed by atoms with Crippen LogP contribution in [0.5, 0.6) is 0 Å². The average molecular weight is 367 g/mol. The van der Waals surface area contributed by atoms with Crippen LogP contribution in [-0.4, -0.2) is 33.5 Å². The fourth-order valence-corrected chi connectivity index (χ4v) is 3.05. The molecule has 2 heterocycles. The molecule has 2 aromatic rings. The van der Waals surface area contributed by atoms with Crippen molar-refractivity contribution in [1.29, 1.82) is 0 Å². The van der Waals surface area contributed by atoms with Crippen molar-refractivity contribution in [3.8, 4) is 5.69 Å². The number of amides is 4. The molecule has 8 nitrogen and oxygen atoms in total. The van der Waals surface area contributed by atoms with Gasteiger partial charge in [0.05, 0.1) is 5.56 Å². The van der Waals surface area contributed by atoms with Crippen LogP contribution in [0.1, 0.15) is 32.9 Å². The van der Waals surface area contributed by atoms with E-state index in [-0.39, 0.29) is 11.1 Å². The molecule has 3 N–H and O–H groups in total. The summed E-state index contributed by atoms with van der Waals surface area (Å²) in [7, 11) is 0. The quantitative estimate of drug-likeness (QED) is 0.565. The number of carbonyl (C=O) groups is 4. The van der Waals surface area contributed by atoms with Crippen LogP contribution in [0.3, 0.4) is 0 Å². The maximum Gasteiger partial charge on any atom is 0.335 e. The Morgan fingerprint density at radius 1 is 1.04 bits per heavy atom. The van der Waals surface area contributed by atoms with Crippen LogP contribution in [-0.2, 0) is 9.59 Å². The lowest BCUT2D eigenvalue weighted by Gasteiger charge is -2.15. The van der Waals surface area contributed by atoms with Gasteiger partial charge in [-0.3, -0.25) is 20.2 Å². The number of nitrogens with one attached hydrogen (secondary N) is 2. The second-order valence-electron chi connectivity index (χ2n) is 6.26. The molecule has 1 aromatic carbocycles. The van der Waals surface area contributed by atoms with Crippen molar-refractivity contribution in [1.82, 2.24) is 15.2 Å². The van der Waals surface area contributed by atoms with Gasteiger partial charge < -0.3 is 9.67 Å². The molecule has 1 fully saturated rings. The number of benzene rings is 1. The number of aromatic carboxylic acids is 1. The molecule has 4 amide bonds. The SMILES string of the molecule is Cc1ccc(C(=O)O)cc1-n1c(C)cc(C=C2C(=O)NC(=O)NC2=O)c1C. The minimum absolute atomic E-state index is 0.160. The minimum atomic E-state index is -1.03. The van der Waals surface area contributed by atoms with E-state index in [1.54, 1.807) is 25.1 Å². The van der Waals surface area contributed by atoms with E-state index in [9.17, 15) is 24.3 Å². The summed E-state index contributed by atoms with van der Waals surface area (Å²) >= 11 is 0. The van der Waals surface area contributed by atoms with Gasteiger partial charge in [-0.2, -0.15) is 0 Å². The number of imide groups is 2. The highest BCUT2D eigenvalue weighted by molar-refractivity contribution is 6.31. The van der Waals surface area contributed by atoms with Crippen molar-refractivity contribution in [3.63, 3.8) is 0 Å². The molecule has 1 aromatic heterocycles. The van der Waals surface area contributed by atoms with Gasteiger partial charge in [0.2, 0.25) is 0 Å². The highest BCUT2D eigenvalue weighted by atomic mass is 16.4. The lowest BCUT2D eigenvalue weighted by molar-refractivity contribution is -0.123. The molecule has 0 saturated carbocycles. The number of carbonyl (C=O) groups excluding carboxylic acids is 3. The maximum atomic E-state index is 11.9. The van der Waals surface area contributed by atoms with Crippen molar-refractivity contribution < 1.29 is 24.3 Å². The van der Waals surface area contributed by atoms with E-state index in [1.165, 1.54) is 12.1 Å². The first kappa shape index (κ1) is 18.1. The predicted molar refractivity (Wildman–Crippen MR) is 96.6 cm³/mol. The number of carboxylic acids is 1. The molecule has 3 rings (SSSR count). The molecular formula is C19H17N3O5. The first-order chi connectivity index (χ1) is 12.7. The summed E-state index contributed by atoms with van der Waals surface area (Å²) in [6.07, 6.45) is 1.41. The van der Waals surface area contributed by atoms with Gasteiger partial charge in [-0.05, 0) is 56.2 Å². The van der Waals surface area contributed by atoms with Crippen LogP contribution in [0.15, 0.2) is 29.8 Å². The standard InChI is InChI=1S/C19H17N3O5/c1-9-4-5-12(18(25)26)8-15(9)22-10(2)6-13(11(22)3)7-14-16(23)20-19(27)21-17(14)24/h4-8H,1-3H3,(H,25,26)(H2,20,21,23,24,27). The summed E-state index contributed by atoms with van der Waals surface area (Å²) in [4.78, 5) is 46.3. The van der Waals surface area contributed by atoms with Gasteiger partial charge in [0.1, 0.15) is 5.57 Å². The third-order valence-corrected chi connectivity index (χ3v) is 4.41. The zero-order valence-corrected chi connectivity index (χ0v) is 14.9. The number of nitrogens with zero attached hydrogens (tertiary/aromatic N) is 1. The maximum absolute atomic E-state index is 11.9. The fraction of sp³-hybridized carbons (Fsp3) is 0.158. The van der Waals surface area contributed by atoms with Gasteiger partial charge in [0, 0.05) is 17.1 Å². The average Bonchev–Trinajstić information content (AvgIpc) is 2.85. The van der Waals surface area contributed by atoms with Gasteiger partial charge in [0.25, 0.3) is 11.8 Å². The summed E-state index contributed by atoms with van der Waals surface area (Å²) in [6.45, 7) is 5.51. The van der Waals surface area contributed by atoms with Gasteiger partial charge in [-0.15, -0.1) is 0 Å². The van der Waals surface area contributed by atoms with Crippen molar-refractivity contribution in [3.05, 3.63) is 57.9 Å². The van der Waals surface area contributed by atoms with Crippen LogP contribution in [0, 0.1) is 20.8 Å². The van der Waals surface area contributed by atoms with Crippen molar-refractivity contribution in [2.45, 2.75) is 20.8 Å². The van der Waals surface area contributed by atoms with Gasteiger partial charge in [0.15, 0.2) is 0 Å². The number of hydrogen-bond acceptors (Lipinski definition) is 4. The molecule has 27 heavy (non-hydrogen) atoms. The Hall–Kier alpha value is -3.68. The first-order valence-electron chi connectivity index (χ1n) is 8.10. The lowest BCUT2D eigenvalue weighted by atomic mass is 10.1. The second kappa shape index (κ2) is 6.56. The molecule has 0 atom stereocenters. The number of aromatic nitrogens is 1. The molecule has 0 radical (unpaired) electrons. The van der Waals surface area contributed by atoms with Crippen LogP contribution >= 0.6 is 0 Å². The predicted octanol–water partition coefficient (Wildman–Crippen LogP) is 1.85. The number of carboxylic acid groups (broad SMARTS) is 1. The fourth-order valence-electron chi connectivity index (χ4n) is 3.05. The van der Waals surface area contributed by atoms with Crippen LogP contribution in [0.2, 0.25) is 0 Å². The van der Waals surface area contributed by atoms with E-state index in [1.807, 2.05) is 29.0 Å². The molecule has 0 spiro atoms. The third-order valence-electron chi connectivity index (χ3n) is 4.41. The third kappa shape index (κ3) is 3.24. The molecule has 1 saturated heterocycles. The van der Waals surface area contributed by atoms with Crippen LogP contribution in [0.25, 0.3) is 11.8 Å². The molecule has 8 heteroatoms. The van der Waals surface area contributed by atoms with Crippen molar-refractivity contribution >= 4 is 29.9 Å². The monoisotopic (exact) mass is 367 g/mol. The summed E-state index contributed by atoms with van der Waals surface area (Å²) in [5, 5.41) is 13.3. The molecular weight excluding hydrogens is 350 g/mol. The molecule has 0 unspecified atom stereocenters. The van der Waals surface area contributed by atoms with Gasteiger partial charge in [-0.25, -0.2) is 9.59 Å². The number of barbiturate groups is 1. The van der Waals surface area contributed by atoms with Gasteiger partial charge >= 0.3 is 12.0 Å². The Balaban J connectivity index is 2.12. The largest absolute Gasteiger partial charge is 0.478 e. The van der Waals surface area contributed by atoms with E-state index in [2.05, 4.69) is 0 Å². The smallest absolute Gasteiger partial charge is 0.335 e. The van der Waals surface area contributed by atoms with E-state index in [4.69, 9.17) is 0 Å². The number of aryl methyl sites for hydroxylation is 2. The van der Waals surface area contributed by atoms with Crippen LogP contribution in [0.4, 0.5) is 4.79 Å². The Labute approximate surface area is 154 Å². The zero-order chi connectivity index (χ0) is 19.9. The Morgan fingerprint density at radius 3 is 2.26 bits per heavy atom. The molecule has 1 aliphatic rings. The highest BCUT2D eigenvalue weighted by Gasteiger charge is 2.28. The molecule has 138 valence electrons. The molecule has 1 aliphatic heterocycles. The molecule has 0 bridgehead atoms. The summed E-state index contributed by atoms with van der Waals surface area (Å²) in [6, 6.07) is 5.77. The lowest BCUT2D eigenvalue weighted by Crippen LogP contribution is -2.51. The van der Waals surface area contributed by atoms with E-state index < -0.39 is 23.8 Å². The second-order valence-corrected chi connectivity index (χ2v) is 6.26. The zero-order valence-electron chi connectivity index (χ0n) is 14.9. The Bertz CT molecular complexity index is 1020. The van der Waals surface area contributed by atoms with E-state index in [0.717, 1.165) is 17.0 Å². The Kier molecular flexibility index (Phi) is 4.40. The van der Waals surface area contributed by atoms with Crippen molar-refractivity contribution in [2.24, 2.45) is 0 Å². The van der Waals surface area contributed by atoms with Gasteiger partial charge in [-0.1, -0.05) is 6.07 Å². The molecule has 0 aliphatic carbocycles.